The molecule has 0 aliphatic rings. The molecule has 0 saturated carbocycles. The van der Waals surface area contributed by atoms with Crippen LogP contribution in [-0.4, -0.2) is 20.9 Å². The third-order valence-electron chi connectivity index (χ3n) is 2.32. The fourth-order valence-electron chi connectivity index (χ4n) is 1.43. The average Bonchev–Trinajstić information content (AvgIpc) is 2.57. The lowest BCUT2D eigenvalue weighted by Gasteiger charge is -2.06. The van der Waals surface area contributed by atoms with Crippen molar-refractivity contribution in [1.82, 2.24) is 15.0 Å². The summed E-state index contributed by atoms with van der Waals surface area (Å²) < 4.78 is 1.78. The molecule has 0 aliphatic carbocycles. The topological polar surface area (TPSA) is 73.8 Å². The Hall–Kier alpha value is -1.39. The van der Waals surface area contributed by atoms with Crippen LogP contribution in [0.3, 0.4) is 0 Å². The molecule has 84 valence electrons. The van der Waals surface area contributed by atoms with Crippen LogP contribution in [0.25, 0.3) is 0 Å². The van der Waals surface area contributed by atoms with E-state index in [-0.39, 0.29) is 0 Å². The van der Waals surface area contributed by atoms with E-state index in [0.29, 0.717) is 11.6 Å². The lowest BCUT2D eigenvalue weighted by atomic mass is 10.1. The van der Waals surface area contributed by atoms with E-state index >= 15 is 0 Å². The van der Waals surface area contributed by atoms with Crippen LogP contribution in [0.4, 0.5) is 0 Å². The summed E-state index contributed by atoms with van der Waals surface area (Å²) in [6.07, 6.45) is 1.75. The third-order valence-corrected chi connectivity index (χ3v) is 2.32. The Morgan fingerprint density at radius 1 is 1.53 bits per heavy atom. The zero-order chi connectivity index (χ0) is 11.4. The number of aromatic nitrogens is 3. The smallest absolute Gasteiger partial charge is 0.271 e. The van der Waals surface area contributed by atoms with Gasteiger partial charge >= 0.3 is 0 Å². The van der Waals surface area contributed by atoms with Crippen LogP contribution in [0, 0.1) is 5.92 Å². The number of rotatable bonds is 5. The Bertz CT molecular complexity index is 343. The SMILES string of the molecule is CCc1c(C(N)=O)nnn1CCC(C)C. The molecule has 0 unspecified atom stereocenters. The number of nitrogens with two attached hydrogens (primary N) is 1. The minimum absolute atomic E-state index is 0.307. The van der Waals surface area contributed by atoms with Gasteiger partial charge in [-0.15, -0.1) is 5.10 Å². The highest BCUT2D eigenvalue weighted by atomic mass is 16.1. The second-order valence-electron chi connectivity index (χ2n) is 4.01. The highest BCUT2D eigenvalue weighted by Gasteiger charge is 2.15. The third kappa shape index (κ3) is 2.78. The van der Waals surface area contributed by atoms with E-state index in [2.05, 4.69) is 24.2 Å². The van der Waals surface area contributed by atoms with Gasteiger partial charge in [-0.3, -0.25) is 4.79 Å². The number of hydrogen-bond donors (Lipinski definition) is 1. The lowest BCUT2D eigenvalue weighted by Crippen LogP contribution is -2.15. The van der Waals surface area contributed by atoms with E-state index in [1.807, 2.05) is 6.92 Å². The van der Waals surface area contributed by atoms with E-state index in [4.69, 9.17) is 5.73 Å². The van der Waals surface area contributed by atoms with Gasteiger partial charge in [0, 0.05) is 6.54 Å². The van der Waals surface area contributed by atoms with Crippen LogP contribution in [0.1, 0.15) is 43.4 Å². The molecular weight excluding hydrogens is 192 g/mol. The number of aryl methyl sites for hydroxylation is 1. The predicted octanol–water partition coefficient (Wildman–Crippen LogP) is 0.985. The molecule has 0 aromatic carbocycles. The summed E-state index contributed by atoms with van der Waals surface area (Å²) >= 11 is 0. The van der Waals surface area contributed by atoms with Crippen LogP contribution >= 0.6 is 0 Å². The summed E-state index contributed by atoms with van der Waals surface area (Å²) in [5.41, 5.74) is 6.35. The molecule has 0 bridgehead atoms. The first-order valence-electron chi connectivity index (χ1n) is 5.28. The molecule has 2 N–H and O–H groups in total. The molecule has 5 heteroatoms. The second kappa shape index (κ2) is 4.91. The van der Waals surface area contributed by atoms with Crippen LogP contribution in [0.5, 0.6) is 0 Å². The monoisotopic (exact) mass is 210 g/mol. The van der Waals surface area contributed by atoms with Gasteiger partial charge in [0.1, 0.15) is 0 Å². The molecule has 1 heterocycles. The van der Waals surface area contributed by atoms with Crippen LogP contribution in [-0.2, 0) is 13.0 Å². The molecule has 1 aromatic heterocycles. The number of nitrogens with zero attached hydrogens (tertiary/aromatic N) is 3. The molecule has 0 fully saturated rings. The highest BCUT2D eigenvalue weighted by molar-refractivity contribution is 5.91. The Kier molecular flexibility index (Phi) is 3.82. The van der Waals surface area contributed by atoms with Crippen molar-refractivity contribution >= 4 is 5.91 Å². The number of hydrogen-bond acceptors (Lipinski definition) is 3. The van der Waals surface area contributed by atoms with Crippen molar-refractivity contribution in [3.8, 4) is 0 Å². The Morgan fingerprint density at radius 3 is 2.67 bits per heavy atom. The van der Waals surface area contributed by atoms with Gasteiger partial charge in [0.25, 0.3) is 5.91 Å². The first-order chi connectivity index (χ1) is 7.06. The van der Waals surface area contributed by atoms with Gasteiger partial charge in [0.05, 0.1) is 5.69 Å². The van der Waals surface area contributed by atoms with Crippen LogP contribution in [0.15, 0.2) is 0 Å². The van der Waals surface area contributed by atoms with E-state index in [1.54, 1.807) is 4.68 Å². The van der Waals surface area contributed by atoms with Crippen molar-refractivity contribution in [2.24, 2.45) is 11.7 Å². The Balaban J connectivity index is 2.84. The minimum atomic E-state index is -0.498. The lowest BCUT2D eigenvalue weighted by molar-refractivity contribution is 0.0994. The van der Waals surface area contributed by atoms with Gasteiger partial charge in [-0.1, -0.05) is 26.0 Å². The highest BCUT2D eigenvalue weighted by Crippen LogP contribution is 2.09. The molecule has 15 heavy (non-hydrogen) atoms. The van der Waals surface area contributed by atoms with Crippen molar-refractivity contribution in [1.29, 1.82) is 0 Å². The van der Waals surface area contributed by atoms with Gasteiger partial charge in [0.2, 0.25) is 0 Å². The van der Waals surface area contributed by atoms with Crippen molar-refractivity contribution in [3.05, 3.63) is 11.4 Å². The zero-order valence-corrected chi connectivity index (χ0v) is 9.53. The first kappa shape index (κ1) is 11.7. The maximum Gasteiger partial charge on any atom is 0.271 e. The fourth-order valence-corrected chi connectivity index (χ4v) is 1.43. The largest absolute Gasteiger partial charge is 0.364 e. The van der Waals surface area contributed by atoms with E-state index in [1.165, 1.54) is 0 Å². The molecule has 0 spiro atoms. The molecule has 1 rings (SSSR count). The molecule has 0 saturated heterocycles. The van der Waals surface area contributed by atoms with Crippen molar-refractivity contribution in [3.63, 3.8) is 0 Å². The average molecular weight is 210 g/mol. The molecule has 0 aliphatic heterocycles. The summed E-state index contributed by atoms with van der Waals surface area (Å²) in [7, 11) is 0. The van der Waals surface area contributed by atoms with Gasteiger partial charge in [-0.25, -0.2) is 4.68 Å². The fraction of sp³-hybridized carbons (Fsp3) is 0.700. The first-order valence-corrected chi connectivity index (χ1v) is 5.28. The second-order valence-corrected chi connectivity index (χ2v) is 4.01. The van der Waals surface area contributed by atoms with E-state index < -0.39 is 5.91 Å². The maximum absolute atomic E-state index is 11.0. The van der Waals surface area contributed by atoms with Gasteiger partial charge in [-0.2, -0.15) is 0 Å². The molecule has 5 nitrogen and oxygen atoms in total. The standard InChI is InChI=1S/C10H18N4O/c1-4-8-9(10(11)15)12-13-14(8)6-5-7(2)3/h7H,4-6H2,1-3H3,(H2,11,15). The molecular formula is C10H18N4O. The number of amides is 1. The van der Waals surface area contributed by atoms with Gasteiger partial charge in [-0.05, 0) is 18.8 Å². The summed E-state index contributed by atoms with van der Waals surface area (Å²) in [5, 5.41) is 7.75. The normalized spacial score (nSPS) is 10.9. The Morgan fingerprint density at radius 2 is 2.20 bits per heavy atom. The van der Waals surface area contributed by atoms with Crippen molar-refractivity contribution in [2.45, 2.75) is 40.2 Å². The summed E-state index contributed by atoms with van der Waals surface area (Å²) in [5.74, 6) is 0.110. The van der Waals surface area contributed by atoms with Crippen molar-refractivity contribution < 1.29 is 4.79 Å². The molecule has 0 radical (unpaired) electrons. The minimum Gasteiger partial charge on any atom is -0.364 e. The van der Waals surface area contributed by atoms with Crippen molar-refractivity contribution in [2.75, 3.05) is 0 Å². The number of carbonyl (C=O) groups excluding carboxylic acids is 1. The van der Waals surface area contributed by atoms with Crippen LogP contribution in [0.2, 0.25) is 0 Å². The molecule has 0 atom stereocenters. The summed E-state index contributed by atoms with van der Waals surface area (Å²) in [6.45, 7) is 7.06. The summed E-state index contributed by atoms with van der Waals surface area (Å²) in [6, 6.07) is 0. The zero-order valence-electron chi connectivity index (χ0n) is 9.53. The Labute approximate surface area is 89.6 Å². The van der Waals surface area contributed by atoms with E-state index in [9.17, 15) is 4.79 Å². The molecule has 1 amide bonds. The van der Waals surface area contributed by atoms with Gasteiger partial charge in [0.15, 0.2) is 5.69 Å². The van der Waals surface area contributed by atoms with Crippen LogP contribution < -0.4 is 5.73 Å². The number of carbonyl (C=O) groups is 1. The summed E-state index contributed by atoms with van der Waals surface area (Å²) in [4.78, 5) is 11.0. The number of primary amides is 1. The van der Waals surface area contributed by atoms with Gasteiger partial charge < -0.3 is 5.73 Å². The molecule has 1 aromatic rings. The quantitative estimate of drug-likeness (QED) is 0.787. The van der Waals surface area contributed by atoms with E-state index in [0.717, 1.165) is 25.1 Å². The predicted molar refractivity (Wildman–Crippen MR) is 57.4 cm³/mol. The maximum atomic E-state index is 11.0.